The zero-order valence-corrected chi connectivity index (χ0v) is 7.92. The molecule has 0 aromatic rings. The number of amides is 1. The monoisotopic (exact) mass is 167 g/mol. The maximum Gasteiger partial charge on any atom is 0.219 e. The second-order valence-electron chi connectivity index (χ2n) is 4.52. The zero-order valence-electron chi connectivity index (χ0n) is 7.92. The van der Waals surface area contributed by atoms with Crippen LogP contribution in [-0.2, 0) is 4.79 Å². The van der Waals surface area contributed by atoms with Gasteiger partial charge in [-0.25, -0.2) is 0 Å². The molecule has 12 heavy (non-hydrogen) atoms. The molecule has 1 amide bonds. The number of hydrogen-bond acceptors (Lipinski definition) is 1. The summed E-state index contributed by atoms with van der Waals surface area (Å²) in [5.41, 5.74) is 0. The van der Waals surface area contributed by atoms with Crippen molar-refractivity contribution >= 4 is 5.91 Å². The van der Waals surface area contributed by atoms with Crippen molar-refractivity contribution in [3.8, 4) is 0 Å². The molecule has 68 valence electrons. The number of likely N-dealkylation sites (tertiary alicyclic amines) is 1. The van der Waals surface area contributed by atoms with Gasteiger partial charge in [-0.15, -0.1) is 0 Å². The second-order valence-corrected chi connectivity index (χ2v) is 4.52. The van der Waals surface area contributed by atoms with E-state index in [1.807, 2.05) is 4.90 Å². The maximum atomic E-state index is 11.1. The molecule has 2 heteroatoms. The smallest absolute Gasteiger partial charge is 0.219 e. The van der Waals surface area contributed by atoms with Crippen LogP contribution in [-0.4, -0.2) is 23.9 Å². The highest BCUT2D eigenvalue weighted by Gasteiger charge is 2.39. The third kappa shape index (κ3) is 1.23. The number of nitrogens with zero attached hydrogens (tertiary/aromatic N) is 1. The summed E-state index contributed by atoms with van der Waals surface area (Å²) in [6.45, 7) is 6.08. The average molecular weight is 167 g/mol. The van der Waals surface area contributed by atoms with Crippen LogP contribution in [0.5, 0.6) is 0 Å². The Morgan fingerprint density at radius 1 is 1.25 bits per heavy atom. The first-order valence-corrected chi connectivity index (χ1v) is 4.92. The van der Waals surface area contributed by atoms with E-state index in [0.717, 1.165) is 30.8 Å². The highest BCUT2D eigenvalue weighted by molar-refractivity contribution is 5.73. The Kier molecular flexibility index (Phi) is 1.85. The first-order valence-electron chi connectivity index (χ1n) is 4.92. The Labute approximate surface area is 73.9 Å². The van der Waals surface area contributed by atoms with E-state index in [-0.39, 0.29) is 5.91 Å². The molecular formula is C10H17NO. The van der Waals surface area contributed by atoms with E-state index in [1.54, 1.807) is 6.92 Å². The third-order valence-corrected chi connectivity index (χ3v) is 3.43. The molecule has 3 atom stereocenters. The van der Waals surface area contributed by atoms with Gasteiger partial charge < -0.3 is 4.90 Å². The lowest BCUT2D eigenvalue weighted by molar-refractivity contribution is -0.128. The fourth-order valence-electron chi connectivity index (χ4n) is 2.86. The van der Waals surface area contributed by atoms with Crippen molar-refractivity contribution in [1.82, 2.24) is 4.90 Å². The molecule has 0 aromatic carbocycles. The minimum Gasteiger partial charge on any atom is -0.342 e. The summed E-state index contributed by atoms with van der Waals surface area (Å²) >= 11 is 0. The van der Waals surface area contributed by atoms with Crippen molar-refractivity contribution in [2.75, 3.05) is 13.1 Å². The number of fused-ring (bicyclic) bond motifs is 1. The van der Waals surface area contributed by atoms with Gasteiger partial charge in [-0.2, -0.15) is 0 Å². The van der Waals surface area contributed by atoms with Crippen molar-refractivity contribution in [1.29, 1.82) is 0 Å². The number of hydrogen-bond donors (Lipinski definition) is 0. The molecule has 1 saturated carbocycles. The van der Waals surface area contributed by atoms with E-state index in [2.05, 4.69) is 6.92 Å². The molecule has 2 rings (SSSR count). The van der Waals surface area contributed by atoms with Crippen LogP contribution >= 0.6 is 0 Å². The molecule has 2 aliphatic rings. The van der Waals surface area contributed by atoms with Crippen molar-refractivity contribution < 1.29 is 4.79 Å². The molecule has 0 bridgehead atoms. The molecule has 1 unspecified atom stereocenters. The van der Waals surface area contributed by atoms with Gasteiger partial charge in [0.05, 0.1) is 0 Å². The van der Waals surface area contributed by atoms with Crippen LogP contribution in [0.4, 0.5) is 0 Å². The van der Waals surface area contributed by atoms with E-state index in [1.165, 1.54) is 12.8 Å². The average Bonchev–Trinajstić information content (AvgIpc) is 2.42. The standard InChI is InChI=1S/C10H17NO/c1-7-3-9-5-11(8(2)12)6-10(9)4-7/h7,9-10H,3-6H2,1-2H3/t7?,9-,10+. The van der Waals surface area contributed by atoms with Crippen LogP contribution in [0.1, 0.15) is 26.7 Å². The Morgan fingerprint density at radius 3 is 2.17 bits per heavy atom. The SMILES string of the molecule is CC(=O)N1C[C@H]2CC(C)C[C@H]2C1. The summed E-state index contributed by atoms with van der Waals surface area (Å²) in [7, 11) is 0. The van der Waals surface area contributed by atoms with Gasteiger partial charge in [0, 0.05) is 20.0 Å². The molecule has 2 fully saturated rings. The molecule has 0 radical (unpaired) electrons. The van der Waals surface area contributed by atoms with Crippen molar-refractivity contribution in [3.63, 3.8) is 0 Å². The number of carbonyl (C=O) groups is 1. The third-order valence-electron chi connectivity index (χ3n) is 3.43. The molecule has 0 N–H and O–H groups in total. The summed E-state index contributed by atoms with van der Waals surface area (Å²) in [6, 6.07) is 0. The predicted molar refractivity (Wildman–Crippen MR) is 47.6 cm³/mol. The zero-order chi connectivity index (χ0) is 8.72. The van der Waals surface area contributed by atoms with Crippen LogP contribution in [0, 0.1) is 17.8 Å². The normalized spacial score (nSPS) is 40.2. The largest absolute Gasteiger partial charge is 0.342 e. The number of carbonyl (C=O) groups excluding carboxylic acids is 1. The van der Waals surface area contributed by atoms with Crippen LogP contribution < -0.4 is 0 Å². The van der Waals surface area contributed by atoms with Crippen LogP contribution in [0.2, 0.25) is 0 Å². The first kappa shape index (κ1) is 8.09. The van der Waals surface area contributed by atoms with Gasteiger partial charge in [0.25, 0.3) is 0 Å². The highest BCUT2D eigenvalue weighted by Crippen LogP contribution is 2.40. The highest BCUT2D eigenvalue weighted by atomic mass is 16.2. The number of rotatable bonds is 0. The second kappa shape index (κ2) is 2.75. The molecule has 1 aliphatic heterocycles. The Bertz CT molecular complexity index is 188. The summed E-state index contributed by atoms with van der Waals surface area (Å²) in [5.74, 6) is 2.80. The topological polar surface area (TPSA) is 20.3 Å². The molecule has 1 aliphatic carbocycles. The Morgan fingerprint density at radius 2 is 1.75 bits per heavy atom. The fourth-order valence-corrected chi connectivity index (χ4v) is 2.86. The van der Waals surface area contributed by atoms with Gasteiger partial charge in [-0.1, -0.05) is 6.92 Å². The van der Waals surface area contributed by atoms with Gasteiger partial charge in [-0.3, -0.25) is 4.79 Å². The van der Waals surface area contributed by atoms with Gasteiger partial charge in [0.2, 0.25) is 5.91 Å². The fraction of sp³-hybridized carbons (Fsp3) is 0.900. The maximum absolute atomic E-state index is 11.1. The first-order chi connectivity index (χ1) is 5.66. The molecule has 2 nitrogen and oxygen atoms in total. The predicted octanol–water partition coefficient (Wildman–Crippen LogP) is 1.51. The van der Waals surface area contributed by atoms with Gasteiger partial charge >= 0.3 is 0 Å². The lowest BCUT2D eigenvalue weighted by Crippen LogP contribution is -2.27. The van der Waals surface area contributed by atoms with Gasteiger partial charge in [-0.05, 0) is 30.6 Å². The van der Waals surface area contributed by atoms with Gasteiger partial charge in [0.1, 0.15) is 0 Å². The summed E-state index contributed by atoms with van der Waals surface area (Å²) in [5, 5.41) is 0. The molecule has 0 aromatic heterocycles. The van der Waals surface area contributed by atoms with E-state index in [9.17, 15) is 4.79 Å². The van der Waals surface area contributed by atoms with Crippen molar-refractivity contribution in [2.24, 2.45) is 17.8 Å². The van der Waals surface area contributed by atoms with E-state index in [0.29, 0.717) is 0 Å². The Hall–Kier alpha value is -0.530. The molecular weight excluding hydrogens is 150 g/mol. The lowest BCUT2D eigenvalue weighted by atomic mass is 10.0. The summed E-state index contributed by atoms with van der Waals surface area (Å²) < 4.78 is 0. The van der Waals surface area contributed by atoms with Crippen LogP contribution in [0.15, 0.2) is 0 Å². The minimum absolute atomic E-state index is 0.261. The van der Waals surface area contributed by atoms with E-state index < -0.39 is 0 Å². The molecule has 1 saturated heterocycles. The Balaban J connectivity index is 1.98. The summed E-state index contributed by atoms with van der Waals surface area (Å²) in [4.78, 5) is 13.1. The van der Waals surface area contributed by atoms with E-state index in [4.69, 9.17) is 0 Å². The summed E-state index contributed by atoms with van der Waals surface area (Å²) in [6.07, 6.45) is 2.68. The van der Waals surface area contributed by atoms with Crippen molar-refractivity contribution in [2.45, 2.75) is 26.7 Å². The van der Waals surface area contributed by atoms with Gasteiger partial charge in [0.15, 0.2) is 0 Å². The lowest BCUT2D eigenvalue weighted by Gasteiger charge is -2.15. The molecule has 0 spiro atoms. The van der Waals surface area contributed by atoms with Crippen molar-refractivity contribution in [3.05, 3.63) is 0 Å². The molecule has 1 heterocycles. The minimum atomic E-state index is 0.261. The quantitative estimate of drug-likeness (QED) is 0.535. The van der Waals surface area contributed by atoms with Crippen LogP contribution in [0.25, 0.3) is 0 Å². The van der Waals surface area contributed by atoms with Crippen LogP contribution in [0.3, 0.4) is 0 Å². The van der Waals surface area contributed by atoms with E-state index >= 15 is 0 Å².